The molecule has 1 aliphatic heterocycles. The number of nitrogens with one attached hydrogen (secondary N) is 1. The normalized spacial score (nSPS) is 15.4. The van der Waals surface area contributed by atoms with Crippen LogP contribution in [0.25, 0.3) is 0 Å². The molecule has 0 radical (unpaired) electrons. The summed E-state index contributed by atoms with van der Waals surface area (Å²) < 4.78 is 10.7. The van der Waals surface area contributed by atoms with Gasteiger partial charge in [-0.1, -0.05) is 17.7 Å². The Labute approximate surface area is 174 Å². The number of hydrogen-bond donors (Lipinski definition) is 2. The molecule has 1 heterocycles. The number of carboxylic acids is 1. The number of fused-ring (bicyclic) bond motifs is 1. The lowest BCUT2D eigenvalue weighted by Crippen LogP contribution is -2.43. The Hall–Kier alpha value is -2.93. The van der Waals surface area contributed by atoms with E-state index in [-0.39, 0.29) is 6.42 Å². The third kappa shape index (κ3) is 4.40. The second kappa shape index (κ2) is 8.61. The molecule has 2 N–H and O–H groups in total. The van der Waals surface area contributed by atoms with Gasteiger partial charge >= 0.3 is 12.0 Å². The van der Waals surface area contributed by atoms with Crippen molar-refractivity contribution in [2.45, 2.75) is 25.8 Å². The largest absolute Gasteiger partial charge is 0.493 e. The summed E-state index contributed by atoms with van der Waals surface area (Å²) in [5, 5.41) is 12.7. The minimum Gasteiger partial charge on any atom is -0.493 e. The Morgan fingerprint density at radius 2 is 1.90 bits per heavy atom. The standard InChI is InChI=1S/C21H23ClN2O5/c1-12-4-5-16(15(22)8-12)23-21(27)24-7-6-13-9-18(28-2)19(29-3)10-14(13)17(24)11-20(25)26/h4-5,8-10,17H,6-7,11H2,1-3H3,(H,23,27)(H,25,26)/t17-/m0/s1. The summed E-state index contributed by atoms with van der Waals surface area (Å²) in [5.74, 6) is 0.0685. The van der Waals surface area contributed by atoms with E-state index >= 15 is 0 Å². The monoisotopic (exact) mass is 418 g/mol. The number of carboxylic acid groups (broad SMARTS) is 1. The van der Waals surface area contributed by atoms with E-state index in [1.54, 1.807) is 25.3 Å². The van der Waals surface area contributed by atoms with Crippen LogP contribution in [0.2, 0.25) is 5.02 Å². The predicted molar refractivity (Wildman–Crippen MR) is 110 cm³/mol. The van der Waals surface area contributed by atoms with Crippen molar-refractivity contribution in [3.05, 3.63) is 52.0 Å². The van der Waals surface area contributed by atoms with Crippen LogP contribution in [-0.2, 0) is 11.2 Å². The van der Waals surface area contributed by atoms with E-state index in [0.29, 0.717) is 35.2 Å². The first-order chi connectivity index (χ1) is 13.8. The zero-order valence-corrected chi connectivity index (χ0v) is 17.2. The molecule has 0 spiro atoms. The molecular weight excluding hydrogens is 396 g/mol. The Balaban J connectivity index is 1.94. The number of halogens is 1. The summed E-state index contributed by atoms with van der Waals surface area (Å²) in [4.78, 5) is 26.1. The molecule has 0 saturated carbocycles. The van der Waals surface area contributed by atoms with Gasteiger partial charge in [0.1, 0.15) is 0 Å². The molecule has 2 aromatic carbocycles. The van der Waals surface area contributed by atoms with Crippen LogP contribution in [0, 0.1) is 6.92 Å². The molecular formula is C21H23ClN2O5. The van der Waals surface area contributed by atoms with E-state index in [2.05, 4.69) is 5.32 Å². The summed E-state index contributed by atoms with van der Waals surface area (Å²) in [6, 6.07) is 7.89. The van der Waals surface area contributed by atoms with Gasteiger partial charge in [0.05, 0.1) is 37.4 Å². The van der Waals surface area contributed by atoms with Gasteiger partial charge in [-0.05, 0) is 54.3 Å². The zero-order valence-electron chi connectivity index (χ0n) is 16.5. The third-order valence-corrected chi connectivity index (χ3v) is 5.31. The van der Waals surface area contributed by atoms with E-state index in [0.717, 1.165) is 16.7 Å². The number of aliphatic carboxylic acids is 1. The van der Waals surface area contributed by atoms with Gasteiger partial charge in [-0.25, -0.2) is 4.79 Å². The summed E-state index contributed by atoms with van der Waals surface area (Å²) in [6.07, 6.45) is 0.346. The maximum atomic E-state index is 13.0. The quantitative estimate of drug-likeness (QED) is 0.756. The number of amides is 2. The van der Waals surface area contributed by atoms with Crippen LogP contribution in [0.3, 0.4) is 0 Å². The lowest BCUT2D eigenvalue weighted by atomic mass is 9.90. The first kappa shape index (κ1) is 20.8. The number of nitrogens with zero attached hydrogens (tertiary/aromatic N) is 1. The molecule has 29 heavy (non-hydrogen) atoms. The lowest BCUT2D eigenvalue weighted by Gasteiger charge is -2.37. The molecule has 7 nitrogen and oxygen atoms in total. The summed E-state index contributed by atoms with van der Waals surface area (Å²) >= 11 is 6.23. The maximum Gasteiger partial charge on any atom is 0.322 e. The Kier molecular flexibility index (Phi) is 6.17. The molecule has 1 aliphatic rings. The van der Waals surface area contributed by atoms with Gasteiger partial charge in [-0.15, -0.1) is 0 Å². The van der Waals surface area contributed by atoms with Gasteiger partial charge in [-0.3, -0.25) is 4.79 Å². The molecule has 0 aliphatic carbocycles. The molecule has 8 heteroatoms. The van der Waals surface area contributed by atoms with Crippen LogP contribution in [0.4, 0.5) is 10.5 Å². The molecule has 2 amide bonds. The molecule has 0 bridgehead atoms. The van der Waals surface area contributed by atoms with Crippen molar-refractivity contribution in [1.29, 1.82) is 0 Å². The van der Waals surface area contributed by atoms with Crippen molar-refractivity contribution in [3.8, 4) is 11.5 Å². The zero-order chi connectivity index (χ0) is 21.1. The SMILES string of the molecule is COc1cc2c(cc1OC)[C@H](CC(=O)O)N(C(=O)Nc1ccc(C)cc1Cl)CC2. The van der Waals surface area contributed by atoms with Crippen LogP contribution >= 0.6 is 11.6 Å². The average molecular weight is 419 g/mol. The van der Waals surface area contributed by atoms with Crippen molar-refractivity contribution >= 4 is 29.3 Å². The van der Waals surface area contributed by atoms with E-state index in [1.807, 2.05) is 19.1 Å². The van der Waals surface area contributed by atoms with Gasteiger partial charge in [0.2, 0.25) is 0 Å². The van der Waals surface area contributed by atoms with Gasteiger partial charge in [0, 0.05) is 6.54 Å². The van der Waals surface area contributed by atoms with Crippen molar-refractivity contribution in [1.82, 2.24) is 4.90 Å². The lowest BCUT2D eigenvalue weighted by molar-refractivity contribution is -0.138. The minimum atomic E-state index is -0.996. The number of carbonyl (C=O) groups excluding carboxylic acids is 1. The molecule has 3 rings (SSSR count). The summed E-state index contributed by atoms with van der Waals surface area (Å²) in [5.41, 5.74) is 3.13. The first-order valence-electron chi connectivity index (χ1n) is 9.14. The van der Waals surface area contributed by atoms with Gasteiger partial charge in [0.15, 0.2) is 11.5 Å². The van der Waals surface area contributed by atoms with Crippen molar-refractivity contribution in [2.75, 3.05) is 26.1 Å². The van der Waals surface area contributed by atoms with E-state index in [1.165, 1.54) is 12.0 Å². The van der Waals surface area contributed by atoms with Crippen LogP contribution in [0.1, 0.15) is 29.2 Å². The molecule has 1 atom stereocenters. The van der Waals surface area contributed by atoms with Gasteiger partial charge in [0.25, 0.3) is 0 Å². The van der Waals surface area contributed by atoms with Crippen LogP contribution in [0.15, 0.2) is 30.3 Å². The second-order valence-electron chi connectivity index (χ2n) is 6.88. The van der Waals surface area contributed by atoms with Crippen LogP contribution in [-0.4, -0.2) is 42.8 Å². The number of hydrogen-bond acceptors (Lipinski definition) is 4. The number of urea groups is 1. The molecule has 0 unspecified atom stereocenters. The number of anilines is 1. The molecule has 154 valence electrons. The number of benzene rings is 2. The molecule has 2 aromatic rings. The van der Waals surface area contributed by atoms with Crippen molar-refractivity contribution in [2.24, 2.45) is 0 Å². The van der Waals surface area contributed by atoms with Crippen molar-refractivity contribution in [3.63, 3.8) is 0 Å². The number of methoxy groups -OCH3 is 2. The summed E-state index contributed by atoms with van der Waals surface area (Å²) in [6.45, 7) is 2.28. The predicted octanol–water partition coefficient (Wildman–Crippen LogP) is 4.27. The fourth-order valence-electron chi connectivity index (χ4n) is 3.57. The third-order valence-electron chi connectivity index (χ3n) is 5.00. The summed E-state index contributed by atoms with van der Waals surface area (Å²) in [7, 11) is 3.07. The Bertz CT molecular complexity index is 947. The Morgan fingerprint density at radius 3 is 2.52 bits per heavy atom. The smallest absolute Gasteiger partial charge is 0.322 e. The minimum absolute atomic E-state index is 0.225. The number of ether oxygens (including phenoxy) is 2. The Morgan fingerprint density at radius 1 is 1.21 bits per heavy atom. The van der Waals surface area contributed by atoms with E-state index in [9.17, 15) is 14.7 Å². The van der Waals surface area contributed by atoms with Crippen LogP contribution in [0.5, 0.6) is 11.5 Å². The van der Waals surface area contributed by atoms with E-state index in [4.69, 9.17) is 21.1 Å². The number of carbonyl (C=O) groups is 2. The first-order valence-corrected chi connectivity index (χ1v) is 9.52. The second-order valence-corrected chi connectivity index (χ2v) is 7.28. The van der Waals surface area contributed by atoms with Gasteiger partial charge in [-0.2, -0.15) is 0 Å². The number of rotatable bonds is 5. The van der Waals surface area contributed by atoms with E-state index < -0.39 is 18.0 Å². The molecule has 0 fully saturated rings. The van der Waals surface area contributed by atoms with Gasteiger partial charge < -0.3 is 24.8 Å². The highest BCUT2D eigenvalue weighted by atomic mass is 35.5. The van der Waals surface area contributed by atoms with Crippen LogP contribution < -0.4 is 14.8 Å². The van der Waals surface area contributed by atoms with Crippen molar-refractivity contribution < 1.29 is 24.2 Å². The maximum absolute atomic E-state index is 13.0. The molecule has 0 saturated heterocycles. The highest BCUT2D eigenvalue weighted by molar-refractivity contribution is 6.33. The highest BCUT2D eigenvalue weighted by Gasteiger charge is 2.34. The fraction of sp³-hybridized carbons (Fsp3) is 0.333. The topological polar surface area (TPSA) is 88.1 Å². The number of aryl methyl sites for hydroxylation is 1. The fourth-order valence-corrected chi connectivity index (χ4v) is 3.85. The molecule has 0 aromatic heterocycles. The highest BCUT2D eigenvalue weighted by Crippen LogP contribution is 2.39. The average Bonchev–Trinajstić information content (AvgIpc) is 2.68.